The number of aliphatic hydroxyl groups excluding tert-OH is 3. The van der Waals surface area contributed by atoms with Crippen molar-refractivity contribution in [2.45, 2.75) is 43.5 Å². The second kappa shape index (κ2) is 11.4. The number of dihydropyridines is 1. The Morgan fingerprint density at radius 3 is 2.41 bits per heavy atom. The molecule has 2 aliphatic rings. The molecule has 1 saturated heterocycles. The van der Waals surface area contributed by atoms with Gasteiger partial charge in [-0.1, -0.05) is 41.6 Å². The predicted molar refractivity (Wildman–Crippen MR) is 139 cm³/mol. The highest BCUT2D eigenvalue weighted by Gasteiger charge is 2.41. The fourth-order valence-corrected chi connectivity index (χ4v) is 5.45. The zero-order valence-corrected chi connectivity index (χ0v) is 21.5. The van der Waals surface area contributed by atoms with E-state index in [1.54, 1.807) is 38.3 Å². The summed E-state index contributed by atoms with van der Waals surface area (Å²) in [6.45, 7) is 3.54. The van der Waals surface area contributed by atoms with E-state index in [4.69, 9.17) is 9.47 Å². The highest BCUT2D eigenvalue weighted by molar-refractivity contribution is 8.03. The molecule has 0 saturated carbocycles. The van der Waals surface area contributed by atoms with Gasteiger partial charge in [-0.3, -0.25) is 4.79 Å². The number of carbonyl (C=O) groups is 1. The SMILES string of the molecule is COc1ccc(C2C(C#N)=C(S[C@@H]3OC[C@@H](O)[C@H](O)[C@H]3O)NC(C)=C2C(=O)Nc2ccc(C)cc2)cc1. The lowest BCUT2D eigenvalue weighted by atomic mass is 9.82. The van der Waals surface area contributed by atoms with Crippen LogP contribution < -0.4 is 15.4 Å². The number of nitrogens with one attached hydrogen (secondary N) is 2. The van der Waals surface area contributed by atoms with Gasteiger partial charge in [0.2, 0.25) is 0 Å². The van der Waals surface area contributed by atoms with Crippen LogP contribution in [0, 0.1) is 18.3 Å². The van der Waals surface area contributed by atoms with Gasteiger partial charge in [0.1, 0.15) is 29.5 Å². The number of nitrogens with zero attached hydrogens (tertiary/aromatic N) is 1. The molecule has 1 unspecified atom stereocenters. The molecule has 10 heteroatoms. The van der Waals surface area contributed by atoms with Gasteiger partial charge in [0.05, 0.1) is 36.3 Å². The monoisotopic (exact) mass is 523 g/mol. The molecule has 4 rings (SSSR count). The molecule has 0 radical (unpaired) electrons. The van der Waals surface area contributed by atoms with Crippen LogP contribution in [-0.2, 0) is 9.53 Å². The number of thioether (sulfide) groups is 1. The van der Waals surface area contributed by atoms with Crippen molar-refractivity contribution in [1.82, 2.24) is 5.32 Å². The number of methoxy groups -OCH3 is 1. The number of aryl methyl sites for hydroxylation is 1. The van der Waals surface area contributed by atoms with Crippen molar-refractivity contribution in [2.24, 2.45) is 0 Å². The Morgan fingerprint density at radius 1 is 1.11 bits per heavy atom. The van der Waals surface area contributed by atoms with E-state index in [1.807, 2.05) is 31.2 Å². The molecule has 194 valence electrons. The highest BCUT2D eigenvalue weighted by Crippen LogP contribution is 2.43. The molecule has 0 aromatic heterocycles. The smallest absolute Gasteiger partial charge is 0.254 e. The van der Waals surface area contributed by atoms with E-state index in [0.29, 0.717) is 33.3 Å². The molecule has 0 aliphatic carbocycles. The summed E-state index contributed by atoms with van der Waals surface area (Å²) >= 11 is 1.03. The van der Waals surface area contributed by atoms with E-state index >= 15 is 0 Å². The number of aliphatic hydroxyl groups is 3. The molecule has 2 heterocycles. The number of benzene rings is 2. The summed E-state index contributed by atoms with van der Waals surface area (Å²) in [4.78, 5) is 13.6. The average Bonchev–Trinajstić information content (AvgIpc) is 2.90. The predicted octanol–water partition coefficient (Wildman–Crippen LogP) is 2.51. The van der Waals surface area contributed by atoms with Crippen LogP contribution in [0.4, 0.5) is 5.69 Å². The maximum atomic E-state index is 13.6. The molecule has 1 fully saturated rings. The van der Waals surface area contributed by atoms with E-state index in [2.05, 4.69) is 16.7 Å². The molecule has 0 bridgehead atoms. The second-order valence-electron chi connectivity index (χ2n) is 8.91. The van der Waals surface area contributed by atoms with Gasteiger partial charge in [-0.05, 0) is 43.7 Å². The first-order chi connectivity index (χ1) is 17.7. The molecular weight excluding hydrogens is 494 g/mol. The first-order valence-corrected chi connectivity index (χ1v) is 12.6. The summed E-state index contributed by atoms with van der Waals surface area (Å²) in [6.07, 6.45) is -3.97. The van der Waals surface area contributed by atoms with E-state index in [0.717, 1.165) is 17.3 Å². The largest absolute Gasteiger partial charge is 0.497 e. The molecule has 2 aromatic rings. The van der Waals surface area contributed by atoms with Gasteiger partial charge in [0.25, 0.3) is 5.91 Å². The van der Waals surface area contributed by atoms with Gasteiger partial charge in [0.15, 0.2) is 0 Å². The molecule has 5 atom stereocenters. The van der Waals surface area contributed by atoms with Crippen molar-refractivity contribution in [2.75, 3.05) is 19.0 Å². The zero-order valence-electron chi connectivity index (χ0n) is 20.6. The first kappa shape index (κ1) is 26.7. The summed E-state index contributed by atoms with van der Waals surface area (Å²) < 4.78 is 10.8. The molecule has 1 amide bonds. The third-order valence-electron chi connectivity index (χ3n) is 6.34. The van der Waals surface area contributed by atoms with Crippen LogP contribution in [-0.4, -0.2) is 58.7 Å². The van der Waals surface area contributed by atoms with Crippen molar-refractivity contribution >= 4 is 23.4 Å². The second-order valence-corrected chi connectivity index (χ2v) is 10.0. The molecule has 5 N–H and O–H groups in total. The minimum absolute atomic E-state index is 0.161. The quantitative estimate of drug-likeness (QED) is 0.386. The maximum Gasteiger partial charge on any atom is 0.254 e. The Labute approximate surface area is 219 Å². The van der Waals surface area contributed by atoms with Crippen LogP contribution >= 0.6 is 11.8 Å². The Bertz CT molecular complexity index is 1250. The number of carbonyl (C=O) groups excluding carboxylic acids is 1. The van der Waals surface area contributed by atoms with Crippen LogP contribution in [0.15, 0.2) is 70.4 Å². The third kappa shape index (κ3) is 5.66. The number of rotatable bonds is 6. The number of hydrogen-bond acceptors (Lipinski definition) is 9. The number of amides is 1. The minimum Gasteiger partial charge on any atom is -0.497 e. The zero-order chi connectivity index (χ0) is 26.7. The Morgan fingerprint density at radius 2 is 1.78 bits per heavy atom. The number of allylic oxidation sites excluding steroid dienone is 2. The van der Waals surface area contributed by atoms with Crippen LogP contribution in [0.5, 0.6) is 5.75 Å². The fourth-order valence-electron chi connectivity index (χ4n) is 4.27. The molecule has 2 aromatic carbocycles. The average molecular weight is 524 g/mol. The lowest BCUT2D eigenvalue weighted by Crippen LogP contribution is -2.51. The Balaban J connectivity index is 1.72. The van der Waals surface area contributed by atoms with Crippen molar-refractivity contribution in [3.8, 4) is 11.8 Å². The normalized spacial score (nSPS) is 25.8. The number of anilines is 1. The third-order valence-corrected chi connectivity index (χ3v) is 7.54. The summed E-state index contributed by atoms with van der Waals surface area (Å²) in [7, 11) is 1.56. The van der Waals surface area contributed by atoms with Gasteiger partial charge >= 0.3 is 0 Å². The van der Waals surface area contributed by atoms with Crippen molar-refractivity contribution < 1.29 is 29.6 Å². The number of ether oxygens (including phenoxy) is 2. The number of nitriles is 1. The van der Waals surface area contributed by atoms with Crippen LogP contribution in [0.25, 0.3) is 0 Å². The van der Waals surface area contributed by atoms with Crippen molar-refractivity contribution in [3.63, 3.8) is 0 Å². The molecule has 0 spiro atoms. The molecular formula is C27H29N3O6S. The molecule has 37 heavy (non-hydrogen) atoms. The topological polar surface area (TPSA) is 144 Å². The van der Waals surface area contributed by atoms with Crippen molar-refractivity contribution in [1.29, 1.82) is 5.26 Å². The van der Waals surface area contributed by atoms with E-state index in [1.165, 1.54) is 0 Å². The summed E-state index contributed by atoms with van der Waals surface area (Å²) in [5, 5.41) is 47.1. The van der Waals surface area contributed by atoms with Gasteiger partial charge in [-0.15, -0.1) is 0 Å². The summed E-state index contributed by atoms with van der Waals surface area (Å²) in [6, 6.07) is 16.8. The van der Waals surface area contributed by atoms with Gasteiger partial charge in [0, 0.05) is 17.0 Å². The van der Waals surface area contributed by atoms with Crippen LogP contribution in [0.3, 0.4) is 0 Å². The highest BCUT2D eigenvalue weighted by atomic mass is 32.2. The van der Waals surface area contributed by atoms with Crippen LogP contribution in [0.1, 0.15) is 24.0 Å². The van der Waals surface area contributed by atoms with Gasteiger partial charge in [-0.25, -0.2) is 0 Å². The molecule has 9 nitrogen and oxygen atoms in total. The standard InChI is InChI=1S/C27H29N3O6S/c1-14-4-8-17(9-5-14)30-25(34)21-15(2)29-26(37-27-24(33)23(32)20(31)13-36-27)19(12-28)22(21)16-6-10-18(35-3)11-7-16/h4-11,20,22-24,27,29,31-33H,13H2,1-3H3,(H,30,34)/t20-,22?,23+,24-,27+/m1/s1. The fraction of sp³-hybridized carbons (Fsp3) is 0.333. The first-order valence-electron chi connectivity index (χ1n) is 11.7. The van der Waals surface area contributed by atoms with E-state index in [-0.39, 0.29) is 18.1 Å². The summed E-state index contributed by atoms with van der Waals surface area (Å²) in [5.74, 6) is -0.451. The minimum atomic E-state index is -1.38. The lowest BCUT2D eigenvalue weighted by Gasteiger charge is -2.36. The summed E-state index contributed by atoms with van der Waals surface area (Å²) in [5.41, 5.74) is 2.60. The van der Waals surface area contributed by atoms with Crippen molar-refractivity contribution in [3.05, 3.63) is 81.5 Å². The Hall–Kier alpha value is -3.33. The van der Waals surface area contributed by atoms with E-state index < -0.39 is 29.7 Å². The van der Waals surface area contributed by atoms with Gasteiger partial charge < -0.3 is 35.4 Å². The van der Waals surface area contributed by atoms with E-state index in [9.17, 15) is 25.4 Å². The number of hydrogen-bond donors (Lipinski definition) is 5. The molecule has 2 aliphatic heterocycles. The maximum absolute atomic E-state index is 13.6. The van der Waals surface area contributed by atoms with Gasteiger partial charge in [-0.2, -0.15) is 5.26 Å². The van der Waals surface area contributed by atoms with Crippen LogP contribution in [0.2, 0.25) is 0 Å². The lowest BCUT2D eigenvalue weighted by molar-refractivity contribution is -0.161. The Kier molecular flexibility index (Phi) is 8.22.